The van der Waals surface area contributed by atoms with Gasteiger partial charge in [0.25, 0.3) is 5.88 Å². The van der Waals surface area contributed by atoms with Crippen molar-refractivity contribution in [2.24, 2.45) is 0 Å². The lowest BCUT2D eigenvalue weighted by molar-refractivity contribution is 0.0697. The van der Waals surface area contributed by atoms with Gasteiger partial charge in [-0.25, -0.2) is 4.79 Å². The standard InChI is InChI=1S/C24H31N3O4/c1-30-21-11-12-22(26-23(21)31-20-5-3-2-4-6-20)27(19-13-15-25-16-14-19)18-9-7-17(8-10-18)24(28)29/h7-12,19-20,25H,2-6,13-16H2,1H3,(H,28,29). The van der Waals surface area contributed by atoms with Crippen molar-refractivity contribution in [1.29, 1.82) is 0 Å². The second-order valence-electron chi connectivity index (χ2n) is 8.26. The summed E-state index contributed by atoms with van der Waals surface area (Å²) in [6.07, 6.45) is 7.86. The molecule has 2 N–H and O–H groups in total. The maximum Gasteiger partial charge on any atom is 0.335 e. The topological polar surface area (TPSA) is 83.9 Å². The van der Waals surface area contributed by atoms with Gasteiger partial charge >= 0.3 is 5.97 Å². The number of rotatable bonds is 7. The minimum atomic E-state index is -0.925. The van der Waals surface area contributed by atoms with Crippen LogP contribution in [-0.2, 0) is 0 Å². The summed E-state index contributed by atoms with van der Waals surface area (Å²) in [6, 6.07) is 11.2. The molecule has 0 radical (unpaired) electrons. The SMILES string of the molecule is COc1ccc(N(c2ccc(C(=O)O)cc2)C2CCNCC2)nc1OC1CCCCC1. The van der Waals surface area contributed by atoms with E-state index in [0.717, 1.165) is 50.3 Å². The third kappa shape index (κ3) is 5.10. The van der Waals surface area contributed by atoms with E-state index in [4.69, 9.17) is 14.5 Å². The summed E-state index contributed by atoms with van der Waals surface area (Å²) >= 11 is 0. The van der Waals surface area contributed by atoms with Gasteiger partial charge in [-0.2, -0.15) is 4.98 Å². The molecule has 2 fully saturated rings. The number of aromatic carboxylic acids is 1. The number of carboxylic acids is 1. The van der Waals surface area contributed by atoms with Gasteiger partial charge in [0.2, 0.25) is 0 Å². The molecule has 1 aromatic carbocycles. The highest BCUT2D eigenvalue weighted by Crippen LogP contribution is 2.36. The molecule has 4 rings (SSSR count). The van der Waals surface area contributed by atoms with Crippen molar-refractivity contribution in [2.45, 2.75) is 57.1 Å². The van der Waals surface area contributed by atoms with E-state index in [1.807, 2.05) is 24.3 Å². The number of carbonyl (C=O) groups is 1. The third-order valence-corrected chi connectivity index (χ3v) is 6.17. The van der Waals surface area contributed by atoms with Gasteiger partial charge in [-0.15, -0.1) is 0 Å². The summed E-state index contributed by atoms with van der Waals surface area (Å²) in [6.45, 7) is 1.88. The predicted molar refractivity (Wildman–Crippen MR) is 120 cm³/mol. The highest BCUT2D eigenvalue weighted by Gasteiger charge is 2.26. The second-order valence-corrected chi connectivity index (χ2v) is 8.26. The Hall–Kier alpha value is -2.80. The Morgan fingerprint density at radius 3 is 2.39 bits per heavy atom. The van der Waals surface area contributed by atoms with Crippen LogP contribution >= 0.6 is 0 Å². The molecule has 166 valence electrons. The molecule has 1 aliphatic carbocycles. The number of nitrogens with zero attached hydrogens (tertiary/aromatic N) is 2. The number of hydrogen-bond donors (Lipinski definition) is 2. The van der Waals surface area contributed by atoms with Crippen molar-refractivity contribution in [1.82, 2.24) is 10.3 Å². The maximum absolute atomic E-state index is 11.3. The Balaban J connectivity index is 1.68. The van der Waals surface area contributed by atoms with Gasteiger partial charge < -0.3 is 24.8 Å². The van der Waals surface area contributed by atoms with Crippen molar-refractivity contribution in [3.8, 4) is 11.6 Å². The fourth-order valence-corrected chi connectivity index (χ4v) is 4.49. The fourth-order valence-electron chi connectivity index (χ4n) is 4.49. The summed E-state index contributed by atoms with van der Waals surface area (Å²) < 4.78 is 11.8. The zero-order chi connectivity index (χ0) is 21.6. The van der Waals surface area contributed by atoms with Crippen LogP contribution in [0.4, 0.5) is 11.5 Å². The van der Waals surface area contributed by atoms with E-state index in [9.17, 15) is 9.90 Å². The van der Waals surface area contributed by atoms with Crippen LogP contribution in [0.1, 0.15) is 55.3 Å². The molecule has 0 amide bonds. The lowest BCUT2D eigenvalue weighted by atomic mass is 9.98. The molecule has 7 nitrogen and oxygen atoms in total. The van der Waals surface area contributed by atoms with E-state index in [0.29, 0.717) is 11.6 Å². The fraction of sp³-hybridized carbons (Fsp3) is 0.500. The monoisotopic (exact) mass is 425 g/mol. The lowest BCUT2D eigenvalue weighted by Crippen LogP contribution is -2.41. The molecule has 31 heavy (non-hydrogen) atoms. The number of carboxylic acid groups (broad SMARTS) is 1. The lowest BCUT2D eigenvalue weighted by Gasteiger charge is -2.36. The maximum atomic E-state index is 11.3. The van der Waals surface area contributed by atoms with E-state index in [-0.39, 0.29) is 17.7 Å². The van der Waals surface area contributed by atoms with Crippen LogP contribution in [0.2, 0.25) is 0 Å². The van der Waals surface area contributed by atoms with E-state index < -0.39 is 5.97 Å². The first-order chi connectivity index (χ1) is 15.2. The molecule has 2 aromatic rings. The van der Waals surface area contributed by atoms with E-state index in [1.165, 1.54) is 19.3 Å². The van der Waals surface area contributed by atoms with Crippen LogP contribution < -0.4 is 19.7 Å². The number of nitrogens with one attached hydrogen (secondary N) is 1. The number of pyridine rings is 1. The Morgan fingerprint density at radius 2 is 1.74 bits per heavy atom. The number of benzene rings is 1. The summed E-state index contributed by atoms with van der Waals surface area (Å²) in [5.41, 5.74) is 1.20. The largest absolute Gasteiger partial charge is 0.491 e. The normalized spacial score (nSPS) is 17.8. The van der Waals surface area contributed by atoms with Crippen LogP contribution in [-0.4, -0.2) is 48.4 Å². The van der Waals surface area contributed by atoms with Crippen molar-refractivity contribution >= 4 is 17.5 Å². The van der Waals surface area contributed by atoms with Gasteiger partial charge in [-0.3, -0.25) is 0 Å². The molecule has 0 atom stereocenters. The van der Waals surface area contributed by atoms with Crippen LogP contribution in [0.25, 0.3) is 0 Å². The van der Waals surface area contributed by atoms with Gasteiger partial charge in [0.05, 0.1) is 12.7 Å². The second kappa shape index (κ2) is 10.0. The van der Waals surface area contributed by atoms with Gasteiger partial charge in [0.1, 0.15) is 11.9 Å². The zero-order valence-corrected chi connectivity index (χ0v) is 18.0. The highest BCUT2D eigenvalue weighted by molar-refractivity contribution is 5.88. The van der Waals surface area contributed by atoms with E-state index in [1.54, 1.807) is 19.2 Å². The molecule has 1 saturated carbocycles. The van der Waals surface area contributed by atoms with Crippen LogP contribution in [0.5, 0.6) is 11.6 Å². The van der Waals surface area contributed by atoms with Gasteiger partial charge in [0.15, 0.2) is 5.75 Å². The molecule has 1 saturated heterocycles. The molecule has 7 heteroatoms. The van der Waals surface area contributed by atoms with E-state index in [2.05, 4.69) is 10.2 Å². The molecular formula is C24H31N3O4. The summed E-state index contributed by atoms with van der Waals surface area (Å²) in [5, 5.41) is 12.7. The van der Waals surface area contributed by atoms with E-state index >= 15 is 0 Å². The Labute approximate surface area is 183 Å². The number of hydrogen-bond acceptors (Lipinski definition) is 6. The van der Waals surface area contributed by atoms with Gasteiger partial charge in [-0.05, 0) is 88.0 Å². The molecule has 0 spiro atoms. The average Bonchev–Trinajstić information content (AvgIpc) is 2.81. The number of methoxy groups -OCH3 is 1. The molecule has 2 aliphatic rings. The molecule has 1 aliphatic heterocycles. The summed E-state index contributed by atoms with van der Waals surface area (Å²) in [5.74, 6) is 1.04. The molecule has 0 bridgehead atoms. The first kappa shape index (κ1) is 21.4. The molecule has 1 aromatic heterocycles. The van der Waals surface area contributed by atoms with Crippen molar-refractivity contribution in [3.05, 3.63) is 42.0 Å². The number of piperidine rings is 1. The zero-order valence-electron chi connectivity index (χ0n) is 18.0. The highest BCUT2D eigenvalue weighted by atomic mass is 16.5. The Morgan fingerprint density at radius 1 is 1.03 bits per heavy atom. The average molecular weight is 426 g/mol. The molecular weight excluding hydrogens is 394 g/mol. The van der Waals surface area contributed by atoms with Crippen molar-refractivity contribution in [2.75, 3.05) is 25.1 Å². The number of anilines is 2. The van der Waals surface area contributed by atoms with Crippen LogP contribution in [0, 0.1) is 0 Å². The van der Waals surface area contributed by atoms with Crippen molar-refractivity contribution < 1.29 is 19.4 Å². The van der Waals surface area contributed by atoms with Crippen LogP contribution in [0.15, 0.2) is 36.4 Å². The van der Waals surface area contributed by atoms with Crippen molar-refractivity contribution in [3.63, 3.8) is 0 Å². The van der Waals surface area contributed by atoms with Crippen LogP contribution in [0.3, 0.4) is 0 Å². The molecule has 0 unspecified atom stereocenters. The first-order valence-corrected chi connectivity index (χ1v) is 11.2. The predicted octanol–water partition coefficient (Wildman–Crippen LogP) is 4.39. The van der Waals surface area contributed by atoms with Gasteiger partial charge in [-0.1, -0.05) is 6.42 Å². The Kier molecular flexibility index (Phi) is 6.92. The quantitative estimate of drug-likeness (QED) is 0.681. The number of aromatic nitrogens is 1. The van der Waals surface area contributed by atoms with Gasteiger partial charge in [0, 0.05) is 11.7 Å². The Bertz CT molecular complexity index is 875. The minimum Gasteiger partial charge on any atom is -0.491 e. The smallest absolute Gasteiger partial charge is 0.335 e. The summed E-state index contributed by atoms with van der Waals surface area (Å²) in [7, 11) is 1.64. The third-order valence-electron chi connectivity index (χ3n) is 6.17. The minimum absolute atomic E-state index is 0.174. The first-order valence-electron chi connectivity index (χ1n) is 11.2. The number of ether oxygens (including phenoxy) is 2. The molecule has 2 heterocycles. The summed E-state index contributed by atoms with van der Waals surface area (Å²) in [4.78, 5) is 18.4.